The highest BCUT2D eigenvalue weighted by molar-refractivity contribution is 7.89. The lowest BCUT2D eigenvalue weighted by molar-refractivity contribution is 0.0698. The molecule has 0 aliphatic carbocycles. The van der Waals surface area contributed by atoms with Crippen LogP contribution in [0.2, 0.25) is 0 Å². The molecule has 2 rings (SSSR count). The van der Waals surface area contributed by atoms with E-state index in [0.29, 0.717) is 13.1 Å². The standard InChI is InChI=1S/C17H23N3O5S/c18-12-14-3-2-7-20(13-14)17(22)15-4-1-5-16(11-15)26(23,24)19-6-9-25-10-8-21/h1,4-5,11,14,19,21H,2-3,6-10,13H2/t14-/m0/s1. The fourth-order valence-electron chi connectivity index (χ4n) is 2.74. The molecule has 0 bridgehead atoms. The average molecular weight is 381 g/mol. The van der Waals surface area contributed by atoms with E-state index in [1.807, 2.05) is 0 Å². The Hall–Kier alpha value is -1.99. The van der Waals surface area contributed by atoms with E-state index in [0.717, 1.165) is 12.8 Å². The van der Waals surface area contributed by atoms with Gasteiger partial charge < -0.3 is 14.7 Å². The molecule has 0 saturated carbocycles. The minimum atomic E-state index is -3.77. The van der Waals surface area contributed by atoms with Gasteiger partial charge in [-0.05, 0) is 31.0 Å². The number of rotatable bonds is 8. The molecule has 1 aliphatic heterocycles. The number of hydrogen-bond donors (Lipinski definition) is 2. The number of benzene rings is 1. The van der Waals surface area contributed by atoms with Gasteiger partial charge in [0.25, 0.3) is 5.91 Å². The zero-order valence-electron chi connectivity index (χ0n) is 14.4. The van der Waals surface area contributed by atoms with Gasteiger partial charge in [-0.1, -0.05) is 6.07 Å². The van der Waals surface area contributed by atoms with E-state index in [1.165, 1.54) is 18.2 Å². The van der Waals surface area contributed by atoms with Crippen molar-refractivity contribution in [3.8, 4) is 6.07 Å². The van der Waals surface area contributed by atoms with Crippen LogP contribution in [0.1, 0.15) is 23.2 Å². The van der Waals surface area contributed by atoms with Crippen molar-refractivity contribution in [3.63, 3.8) is 0 Å². The number of sulfonamides is 1. The van der Waals surface area contributed by atoms with Crippen LogP contribution in [0.25, 0.3) is 0 Å². The lowest BCUT2D eigenvalue weighted by atomic mass is 9.99. The molecule has 2 N–H and O–H groups in total. The van der Waals surface area contributed by atoms with Crippen LogP contribution in [0.15, 0.2) is 29.2 Å². The largest absolute Gasteiger partial charge is 0.394 e. The maximum absolute atomic E-state index is 12.6. The number of amides is 1. The summed E-state index contributed by atoms with van der Waals surface area (Å²) in [4.78, 5) is 14.2. The van der Waals surface area contributed by atoms with Crippen molar-refractivity contribution in [2.24, 2.45) is 5.92 Å². The van der Waals surface area contributed by atoms with Crippen LogP contribution in [0.3, 0.4) is 0 Å². The van der Waals surface area contributed by atoms with Crippen LogP contribution >= 0.6 is 0 Å². The summed E-state index contributed by atoms with van der Waals surface area (Å²) in [5.74, 6) is -0.450. The summed E-state index contributed by atoms with van der Waals surface area (Å²) in [7, 11) is -3.77. The summed E-state index contributed by atoms with van der Waals surface area (Å²) >= 11 is 0. The van der Waals surface area contributed by atoms with E-state index in [1.54, 1.807) is 11.0 Å². The maximum atomic E-state index is 12.6. The van der Waals surface area contributed by atoms with Crippen molar-refractivity contribution in [3.05, 3.63) is 29.8 Å². The number of nitrogens with one attached hydrogen (secondary N) is 1. The Morgan fingerprint density at radius 1 is 1.42 bits per heavy atom. The highest BCUT2D eigenvalue weighted by Crippen LogP contribution is 2.19. The predicted molar refractivity (Wildman–Crippen MR) is 93.8 cm³/mol. The molecule has 142 valence electrons. The highest BCUT2D eigenvalue weighted by atomic mass is 32.2. The van der Waals surface area contributed by atoms with Gasteiger partial charge in [-0.3, -0.25) is 4.79 Å². The van der Waals surface area contributed by atoms with Crippen LogP contribution in [0.4, 0.5) is 0 Å². The molecular formula is C17H23N3O5S. The number of aliphatic hydroxyl groups is 1. The Morgan fingerprint density at radius 3 is 2.96 bits per heavy atom. The third-order valence-corrected chi connectivity index (χ3v) is 5.52. The number of aliphatic hydroxyl groups excluding tert-OH is 1. The van der Waals surface area contributed by atoms with Crippen molar-refractivity contribution in [2.45, 2.75) is 17.7 Å². The summed E-state index contributed by atoms with van der Waals surface area (Å²) < 4.78 is 32.1. The number of likely N-dealkylation sites (tertiary alicyclic amines) is 1. The number of hydrogen-bond acceptors (Lipinski definition) is 6. The van der Waals surface area contributed by atoms with Crippen LogP contribution in [-0.2, 0) is 14.8 Å². The van der Waals surface area contributed by atoms with Gasteiger partial charge in [0.15, 0.2) is 0 Å². The number of carbonyl (C=O) groups is 1. The smallest absolute Gasteiger partial charge is 0.253 e. The zero-order valence-corrected chi connectivity index (χ0v) is 15.2. The van der Waals surface area contributed by atoms with Gasteiger partial charge in [-0.2, -0.15) is 5.26 Å². The van der Waals surface area contributed by atoms with Gasteiger partial charge in [-0.25, -0.2) is 13.1 Å². The van der Waals surface area contributed by atoms with Crippen LogP contribution in [0, 0.1) is 17.2 Å². The van der Waals surface area contributed by atoms with Crippen LogP contribution in [-0.4, -0.2) is 63.8 Å². The Balaban J connectivity index is 2.04. The molecule has 0 unspecified atom stereocenters. The SMILES string of the molecule is N#C[C@@H]1CCCN(C(=O)c2cccc(S(=O)(=O)NCCOCCO)c2)C1. The van der Waals surface area contributed by atoms with Gasteiger partial charge >= 0.3 is 0 Å². The summed E-state index contributed by atoms with van der Waals surface area (Å²) in [5, 5.41) is 17.7. The summed E-state index contributed by atoms with van der Waals surface area (Å²) in [6.45, 7) is 1.16. The minimum Gasteiger partial charge on any atom is -0.394 e. The second-order valence-corrected chi connectivity index (χ2v) is 7.75. The zero-order chi connectivity index (χ0) is 19.0. The van der Waals surface area contributed by atoms with E-state index < -0.39 is 10.0 Å². The molecule has 0 aromatic heterocycles. The number of ether oxygens (including phenoxy) is 1. The summed E-state index contributed by atoms with van der Waals surface area (Å²) in [6.07, 6.45) is 1.54. The maximum Gasteiger partial charge on any atom is 0.253 e. The van der Waals surface area contributed by atoms with Crippen molar-refractivity contribution in [1.82, 2.24) is 9.62 Å². The first-order chi connectivity index (χ1) is 12.5. The van der Waals surface area contributed by atoms with Crippen LogP contribution in [0.5, 0.6) is 0 Å². The first kappa shape index (κ1) is 20.3. The van der Waals surface area contributed by atoms with Crippen molar-refractivity contribution >= 4 is 15.9 Å². The van der Waals surface area contributed by atoms with E-state index in [-0.39, 0.29) is 48.6 Å². The monoisotopic (exact) mass is 381 g/mol. The lowest BCUT2D eigenvalue weighted by Gasteiger charge is -2.29. The Bertz CT molecular complexity index is 760. The summed E-state index contributed by atoms with van der Waals surface area (Å²) in [6, 6.07) is 8.04. The third kappa shape index (κ3) is 5.51. The molecule has 0 radical (unpaired) electrons. The van der Waals surface area contributed by atoms with Crippen molar-refractivity contribution < 1.29 is 23.1 Å². The minimum absolute atomic E-state index is 0.000601. The molecule has 1 saturated heterocycles. The Kier molecular flexibility index (Phi) is 7.53. The molecule has 1 fully saturated rings. The second-order valence-electron chi connectivity index (χ2n) is 5.98. The molecule has 1 atom stereocenters. The van der Waals surface area contributed by atoms with Gasteiger partial charge in [0.2, 0.25) is 10.0 Å². The molecular weight excluding hydrogens is 358 g/mol. The Morgan fingerprint density at radius 2 is 2.23 bits per heavy atom. The topological polar surface area (TPSA) is 120 Å². The normalized spacial score (nSPS) is 17.7. The number of carbonyl (C=O) groups excluding carboxylic acids is 1. The number of piperidine rings is 1. The van der Waals surface area contributed by atoms with Gasteiger partial charge in [0.1, 0.15) is 0 Å². The molecule has 1 aromatic rings. The first-order valence-corrected chi connectivity index (χ1v) is 9.93. The molecule has 1 aliphatic rings. The first-order valence-electron chi connectivity index (χ1n) is 8.45. The molecule has 0 spiro atoms. The van der Waals surface area contributed by atoms with Gasteiger partial charge in [0.05, 0.1) is 36.7 Å². The Labute approximate surface area is 153 Å². The second kappa shape index (κ2) is 9.64. The fourth-order valence-corrected chi connectivity index (χ4v) is 3.80. The predicted octanol–water partition coefficient (Wildman–Crippen LogP) is 0.350. The average Bonchev–Trinajstić information content (AvgIpc) is 2.67. The van der Waals surface area contributed by atoms with E-state index in [9.17, 15) is 13.2 Å². The van der Waals surface area contributed by atoms with E-state index >= 15 is 0 Å². The van der Waals surface area contributed by atoms with Crippen LogP contribution < -0.4 is 4.72 Å². The number of nitriles is 1. The molecule has 9 heteroatoms. The third-order valence-electron chi connectivity index (χ3n) is 4.06. The lowest BCUT2D eigenvalue weighted by Crippen LogP contribution is -2.39. The van der Waals surface area contributed by atoms with Crippen molar-refractivity contribution in [1.29, 1.82) is 5.26 Å². The van der Waals surface area contributed by atoms with Gasteiger partial charge in [0, 0.05) is 25.2 Å². The van der Waals surface area contributed by atoms with Crippen molar-refractivity contribution in [2.75, 3.05) is 39.5 Å². The fraction of sp³-hybridized carbons (Fsp3) is 0.529. The highest BCUT2D eigenvalue weighted by Gasteiger charge is 2.25. The molecule has 1 heterocycles. The summed E-state index contributed by atoms with van der Waals surface area (Å²) in [5.41, 5.74) is 0.281. The molecule has 26 heavy (non-hydrogen) atoms. The van der Waals surface area contributed by atoms with E-state index in [2.05, 4.69) is 10.8 Å². The molecule has 8 nitrogen and oxygen atoms in total. The van der Waals surface area contributed by atoms with Gasteiger partial charge in [-0.15, -0.1) is 0 Å². The van der Waals surface area contributed by atoms with E-state index in [4.69, 9.17) is 15.1 Å². The molecule has 1 amide bonds. The quantitative estimate of drug-likeness (QED) is 0.627. The number of nitrogens with zero attached hydrogens (tertiary/aromatic N) is 2. The molecule has 1 aromatic carbocycles.